The number of hydrogen-bond donors (Lipinski definition) is 2. The molecule has 0 saturated heterocycles. The van der Waals surface area contributed by atoms with Crippen LogP contribution in [0.5, 0.6) is 5.75 Å². The van der Waals surface area contributed by atoms with Crippen molar-refractivity contribution in [3.63, 3.8) is 0 Å². The van der Waals surface area contributed by atoms with E-state index in [-0.39, 0.29) is 5.82 Å². The Labute approximate surface area is 92.6 Å². The van der Waals surface area contributed by atoms with Crippen molar-refractivity contribution in [3.8, 4) is 5.75 Å². The van der Waals surface area contributed by atoms with Gasteiger partial charge < -0.3 is 15.0 Å². The summed E-state index contributed by atoms with van der Waals surface area (Å²) in [6.07, 6.45) is 0.922. The van der Waals surface area contributed by atoms with E-state index in [4.69, 9.17) is 4.74 Å². The van der Waals surface area contributed by atoms with Crippen LogP contribution >= 0.6 is 0 Å². The Morgan fingerprint density at radius 1 is 1.38 bits per heavy atom. The highest BCUT2D eigenvalue weighted by Gasteiger charge is 2.17. The summed E-state index contributed by atoms with van der Waals surface area (Å²) in [5.41, 5.74) is 2.90. The van der Waals surface area contributed by atoms with Crippen LogP contribution in [0.4, 0.5) is 4.39 Å². The van der Waals surface area contributed by atoms with Crippen molar-refractivity contribution in [3.05, 3.63) is 29.2 Å². The van der Waals surface area contributed by atoms with E-state index >= 15 is 0 Å². The van der Waals surface area contributed by atoms with Crippen molar-refractivity contribution in [1.82, 2.24) is 10.3 Å². The molecule has 1 aromatic heterocycles. The summed E-state index contributed by atoms with van der Waals surface area (Å²) in [5.74, 6) is 0.320. The molecule has 3 rings (SSSR count). The molecule has 0 amide bonds. The van der Waals surface area contributed by atoms with Crippen LogP contribution < -0.4 is 10.1 Å². The van der Waals surface area contributed by atoms with Gasteiger partial charge in [-0.3, -0.25) is 0 Å². The molecular weight excluding hydrogens is 207 g/mol. The number of methoxy groups -OCH3 is 1. The van der Waals surface area contributed by atoms with Gasteiger partial charge in [0.1, 0.15) is 5.75 Å². The Morgan fingerprint density at radius 3 is 3.06 bits per heavy atom. The molecule has 0 bridgehead atoms. The van der Waals surface area contributed by atoms with Gasteiger partial charge in [0.2, 0.25) is 0 Å². The first kappa shape index (κ1) is 9.66. The molecule has 1 aliphatic rings. The number of hydrogen-bond acceptors (Lipinski definition) is 2. The molecule has 0 unspecified atom stereocenters. The number of H-pyrrole nitrogens is 1. The van der Waals surface area contributed by atoms with Gasteiger partial charge in [-0.05, 0) is 11.6 Å². The molecule has 1 aromatic carbocycles. The lowest BCUT2D eigenvalue weighted by Crippen LogP contribution is -2.22. The molecule has 16 heavy (non-hydrogen) atoms. The summed E-state index contributed by atoms with van der Waals surface area (Å²) >= 11 is 0. The summed E-state index contributed by atoms with van der Waals surface area (Å²) in [6.45, 7) is 1.74. The topological polar surface area (TPSA) is 37.0 Å². The number of ether oxygens (including phenoxy) is 1. The number of nitrogens with one attached hydrogen (secondary N) is 2. The van der Waals surface area contributed by atoms with Crippen molar-refractivity contribution in [2.45, 2.75) is 13.0 Å². The molecule has 2 heterocycles. The molecule has 0 saturated carbocycles. The Hall–Kier alpha value is -1.55. The third kappa shape index (κ3) is 1.30. The standard InChI is InChI=1S/C12H13FN2O/c1-16-7-4-8-9-6-14-3-2-11(9)15-12(8)10(13)5-7/h4-5,14-15H,2-3,6H2,1H3. The largest absolute Gasteiger partial charge is 0.497 e. The lowest BCUT2D eigenvalue weighted by molar-refractivity contribution is 0.412. The van der Waals surface area contributed by atoms with Crippen LogP contribution in [0.25, 0.3) is 10.9 Å². The quantitative estimate of drug-likeness (QED) is 0.770. The first-order chi connectivity index (χ1) is 7.79. The zero-order valence-electron chi connectivity index (χ0n) is 9.06. The van der Waals surface area contributed by atoms with Crippen molar-refractivity contribution in [2.75, 3.05) is 13.7 Å². The second-order valence-electron chi connectivity index (χ2n) is 4.04. The van der Waals surface area contributed by atoms with Crippen LogP contribution in [0, 0.1) is 5.82 Å². The van der Waals surface area contributed by atoms with Crippen molar-refractivity contribution in [1.29, 1.82) is 0 Å². The first-order valence-electron chi connectivity index (χ1n) is 5.37. The number of fused-ring (bicyclic) bond motifs is 3. The number of rotatable bonds is 1. The maximum Gasteiger partial charge on any atom is 0.150 e. The fraction of sp³-hybridized carbons (Fsp3) is 0.333. The van der Waals surface area contributed by atoms with Crippen molar-refractivity contribution < 1.29 is 9.13 Å². The highest BCUT2D eigenvalue weighted by atomic mass is 19.1. The van der Waals surface area contributed by atoms with Crippen LogP contribution in [-0.4, -0.2) is 18.6 Å². The monoisotopic (exact) mass is 220 g/mol. The molecule has 0 atom stereocenters. The molecule has 0 aliphatic carbocycles. The second kappa shape index (κ2) is 3.49. The van der Waals surface area contributed by atoms with Gasteiger partial charge in [0.05, 0.1) is 12.6 Å². The van der Waals surface area contributed by atoms with Gasteiger partial charge in [0, 0.05) is 36.7 Å². The molecule has 2 aromatic rings. The minimum Gasteiger partial charge on any atom is -0.497 e. The van der Waals surface area contributed by atoms with Crippen LogP contribution in [0.3, 0.4) is 0 Å². The average molecular weight is 220 g/mol. The Balaban J connectivity index is 2.30. The molecule has 3 nitrogen and oxygen atoms in total. The van der Waals surface area contributed by atoms with E-state index in [2.05, 4.69) is 10.3 Å². The smallest absolute Gasteiger partial charge is 0.150 e. The first-order valence-corrected chi connectivity index (χ1v) is 5.37. The fourth-order valence-corrected chi connectivity index (χ4v) is 2.30. The van der Waals surface area contributed by atoms with Gasteiger partial charge in [-0.15, -0.1) is 0 Å². The van der Waals surface area contributed by atoms with Gasteiger partial charge in [0.15, 0.2) is 5.82 Å². The number of benzene rings is 1. The van der Waals surface area contributed by atoms with Gasteiger partial charge in [-0.25, -0.2) is 4.39 Å². The maximum absolute atomic E-state index is 13.8. The maximum atomic E-state index is 13.8. The van der Waals surface area contributed by atoms with Crippen LogP contribution in [-0.2, 0) is 13.0 Å². The van der Waals surface area contributed by atoms with E-state index < -0.39 is 0 Å². The number of halogens is 1. The molecule has 0 radical (unpaired) electrons. The molecular formula is C12H13FN2O. The van der Waals surface area contributed by atoms with E-state index in [0.29, 0.717) is 11.3 Å². The molecule has 0 fully saturated rings. The predicted octanol–water partition coefficient (Wildman–Crippen LogP) is 1.96. The third-order valence-corrected chi connectivity index (χ3v) is 3.12. The van der Waals surface area contributed by atoms with Crippen LogP contribution in [0.2, 0.25) is 0 Å². The van der Waals surface area contributed by atoms with E-state index in [1.54, 1.807) is 7.11 Å². The summed E-state index contributed by atoms with van der Waals surface area (Å²) in [4.78, 5) is 3.17. The Morgan fingerprint density at radius 2 is 2.25 bits per heavy atom. The summed E-state index contributed by atoms with van der Waals surface area (Å²) in [6, 6.07) is 3.30. The van der Waals surface area contributed by atoms with Gasteiger partial charge in [-0.2, -0.15) is 0 Å². The normalized spacial score (nSPS) is 15.1. The molecule has 4 heteroatoms. The van der Waals surface area contributed by atoms with Crippen LogP contribution in [0.15, 0.2) is 12.1 Å². The second-order valence-corrected chi connectivity index (χ2v) is 4.04. The molecule has 1 aliphatic heterocycles. The Bertz CT molecular complexity index is 547. The van der Waals surface area contributed by atoms with Gasteiger partial charge in [0.25, 0.3) is 0 Å². The molecule has 2 N–H and O–H groups in total. The van der Waals surface area contributed by atoms with Gasteiger partial charge in [-0.1, -0.05) is 0 Å². The van der Waals surface area contributed by atoms with Crippen molar-refractivity contribution >= 4 is 10.9 Å². The SMILES string of the molecule is COc1cc(F)c2[nH]c3c(c2c1)CNCC3. The van der Waals surface area contributed by atoms with E-state index in [1.165, 1.54) is 11.6 Å². The number of aromatic amines is 1. The Kier molecular flexibility index (Phi) is 2.11. The zero-order chi connectivity index (χ0) is 11.1. The van der Waals surface area contributed by atoms with Crippen molar-refractivity contribution in [2.24, 2.45) is 0 Å². The minimum atomic E-state index is -0.247. The third-order valence-electron chi connectivity index (χ3n) is 3.12. The summed E-state index contributed by atoms with van der Waals surface area (Å²) < 4.78 is 18.9. The lowest BCUT2D eigenvalue weighted by atomic mass is 10.1. The zero-order valence-corrected chi connectivity index (χ0v) is 9.06. The summed E-state index contributed by atoms with van der Waals surface area (Å²) in [7, 11) is 1.55. The molecule has 0 spiro atoms. The van der Waals surface area contributed by atoms with E-state index in [0.717, 1.165) is 30.6 Å². The highest BCUT2D eigenvalue weighted by Crippen LogP contribution is 2.30. The predicted molar refractivity (Wildman–Crippen MR) is 60.2 cm³/mol. The fourth-order valence-electron chi connectivity index (χ4n) is 2.30. The number of aromatic nitrogens is 1. The van der Waals surface area contributed by atoms with Crippen LogP contribution in [0.1, 0.15) is 11.3 Å². The average Bonchev–Trinajstić information content (AvgIpc) is 2.68. The molecule has 84 valence electrons. The van der Waals surface area contributed by atoms with Gasteiger partial charge >= 0.3 is 0 Å². The van der Waals surface area contributed by atoms with E-state index in [9.17, 15) is 4.39 Å². The highest BCUT2D eigenvalue weighted by molar-refractivity contribution is 5.86. The lowest BCUT2D eigenvalue weighted by Gasteiger charge is -2.12. The summed E-state index contributed by atoms with van der Waals surface area (Å²) in [5, 5.41) is 4.22. The minimum absolute atomic E-state index is 0.247. The van der Waals surface area contributed by atoms with E-state index in [1.807, 2.05) is 6.07 Å².